The van der Waals surface area contributed by atoms with Gasteiger partial charge < -0.3 is 19.5 Å². The van der Waals surface area contributed by atoms with E-state index in [1.54, 1.807) is 37.7 Å². The number of hydrogen-bond donors (Lipinski definition) is 1. The maximum Gasteiger partial charge on any atom is 0.321 e. The fraction of sp³-hybridized carbons (Fsp3) is 0.250. The summed E-state index contributed by atoms with van der Waals surface area (Å²) in [7, 11) is 3.66. The third kappa shape index (κ3) is 5.28. The van der Waals surface area contributed by atoms with Crippen molar-refractivity contribution in [2.24, 2.45) is 7.05 Å². The second-order valence-corrected chi connectivity index (χ2v) is 10.8. The highest BCUT2D eigenvalue weighted by Gasteiger charge is 2.35. The summed E-state index contributed by atoms with van der Waals surface area (Å²) in [6.45, 7) is 2.43. The number of fused-ring (bicyclic) bond motifs is 2. The number of aryl methyl sites for hydroxylation is 1. The van der Waals surface area contributed by atoms with Crippen molar-refractivity contribution in [3.05, 3.63) is 112 Å². The van der Waals surface area contributed by atoms with E-state index in [-0.39, 0.29) is 18.2 Å². The molecule has 42 heavy (non-hydrogen) atoms. The average Bonchev–Trinajstić information content (AvgIpc) is 3.38. The van der Waals surface area contributed by atoms with E-state index in [1.807, 2.05) is 47.1 Å². The molecule has 0 unspecified atom stereocenters. The average molecular weight is 580 g/mol. The van der Waals surface area contributed by atoms with Crippen LogP contribution in [0.3, 0.4) is 0 Å². The number of nitrogens with one attached hydrogen (secondary N) is 1. The Hall–Kier alpha value is -4.49. The Morgan fingerprint density at radius 2 is 1.93 bits per heavy atom. The number of rotatable bonds is 5. The maximum absolute atomic E-state index is 13.1. The molecule has 0 saturated carbocycles. The number of aromatic nitrogens is 3. The van der Waals surface area contributed by atoms with Gasteiger partial charge in [-0.15, -0.1) is 0 Å². The number of methoxy groups -OCH3 is 1. The number of nitriles is 1. The number of amides is 2. The molecule has 0 spiro atoms. The molecular weight excluding hydrogens is 550 g/mol. The molecule has 2 aromatic heterocycles. The summed E-state index contributed by atoms with van der Waals surface area (Å²) >= 11 is 6.60. The minimum absolute atomic E-state index is 0.144. The lowest BCUT2D eigenvalue weighted by atomic mass is 9.91. The fourth-order valence-electron chi connectivity index (χ4n) is 5.82. The van der Waals surface area contributed by atoms with Gasteiger partial charge in [0.2, 0.25) is 0 Å². The third-order valence-electron chi connectivity index (χ3n) is 7.93. The zero-order chi connectivity index (χ0) is 29.2. The predicted octanol–water partition coefficient (Wildman–Crippen LogP) is 5.52. The normalized spacial score (nSPS) is 17.3. The van der Waals surface area contributed by atoms with Gasteiger partial charge in [-0.3, -0.25) is 9.88 Å². The number of anilines is 1. The first-order valence-corrected chi connectivity index (χ1v) is 14.1. The number of urea groups is 1. The van der Waals surface area contributed by atoms with Crippen molar-refractivity contribution in [3.8, 4) is 6.07 Å². The number of nitrogens with zero attached hydrogens (tertiary/aromatic N) is 6. The van der Waals surface area contributed by atoms with Crippen LogP contribution in [0.15, 0.2) is 73.3 Å². The number of benzene rings is 2. The van der Waals surface area contributed by atoms with Gasteiger partial charge in [-0.1, -0.05) is 23.7 Å². The molecule has 6 rings (SSSR count). The van der Waals surface area contributed by atoms with Crippen LogP contribution in [-0.4, -0.2) is 63.7 Å². The second kappa shape index (κ2) is 11.8. The van der Waals surface area contributed by atoms with Crippen LogP contribution < -0.4 is 5.32 Å². The molecule has 0 bridgehead atoms. The lowest BCUT2D eigenvalue weighted by molar-refractivity contribution is 0.124. The molecule has 10 heteroatoms. The molecule has 1 aliphatic heterocycles. The van der Waals surface area contributed by atoms with E-state index in [1.165, 1.54) is 0 Å². The third-order valence-corrected chi connectivity index (χ3v) is 8.17. The molecule has 2 aliphatic rings. The van der Waals surface area contributed by atoms with Crippen molar-refractivity contribution in [2.45, 2.75) is 12.1 Å². The Morgan fingerprint density at radius 1 is 1.14 bits per heavy atom. The highest BCUT2D eigenvalue weighted by atomic mass is 35.5. The zero-order valence-corrected chi connectivity index (χ0v) is 24.1. The van der Waals surface area contributed by atoms with Crippen molar-refractivity contribution >= 4 is 35.0 Å². The van der Waals surface area contributed by atoms with Gasteiger partial charge in [0.25, 0.3) is 0 Å². The predicted molar refractivity (Wildman–Crippen MR) is 162 cm³/mol. The molecule has 2 aromatic carbocycles. The van der Waals surface area contributed by atoms with Crippen LogP contribution in [0.25, 0.3) is 11.6 Å². The van der Waals surface area contributed by atoms with Crippen LogP contribution in [0.2, 0.25) is 5.02 Å². The van der Waals surface area contributed by atoms with Crippen molar-refractivity contribution in [2.75, 3.05) is 38.6 Å². The van der Waals surface area contributed by atoms with E-state index < -0.39 is 0 Å². The standard InChI is InChI=1S/C32H30ClN7O2/c1-38-20-35-19-28(38)31(42-2)27-16-22-4-3-11-36-29(22)30(25-10-7-23(33)17-26(25)27)39-12-14-40(15-13-39)32(41)37-24-8-5-21(18-34)6-9-24/h3-11,16-17,19-20,30-31H,12-15H2,1-2H3,(H,37,41)/t30-,31+/m0/s1. The van der Waals surface area contributed by atoms with Crippen LogP contribution in [0.4, 0.5) is 10.5 Å². The van der Waals surface area contributed by atoms with Crippen molar-refractivity contribution in [1.29, 1.82) is 5.26 Å². The number of halogens is 1. The molecule has 2 amide bonds. The van der Waals surface area contributed by atoms with Crippen molar-refractivity contribution in [3.63, 3.8) is 0 Å². The number of hydrogen-bond acceptors (Lipinski definition) is 6. The highest BCUT2D eigenvalue weighted by Crippen LogP contribution is 2.45. The Kier molecular flexibility index (Phi) is 7.76. The van der Waals surface area contributed by atoms with E-state index in [0.29, 0.717) is 42.5 Å². The molecule has 1 N–H and O–H groups in total. The number of imidazole rings is 1. The fourth-order valence-corrected chi connectivity index (χ4v) is 5.99. The monoisotopic (exact) mass is 579 g/mol. The van der Waals surface area contributed by atoms with Crippen LogP contribution in [-0.2, 0) is 11.8 Å². The minimum atomic E-state index is -0.371. The van der Waals surface area contributed by atoms with Crippen molar-refractivity contribution in [1.82, 2.24) is 24.3 Å². The van der Waals surface area contributed by atoms with Gasteiger partial charge in [-0.2, -0.15) is 5.26 Å². The summed E-state index contributed by atoms with van der Waals surface area (Å²) in [5.41, 5.74) is 7.17. The molecular formula is C32H30ClN7O2. The second-order valence-electron chi connectivity index (χ2n) is 10.4. The van der Waals surface area contributed by atoms with Gasteiger partial charge in [0.15, 0.2) is 0 Å². The van der Waals surface area contributed by atoms with E-state index in [0.717, 1.165) is 33.7 Å². The molecule has 4 aromatic rings. The lowest BCUT2D eigenvalue weighted by Gasteiger charge is -2.39. The zero-order valence-electron chi connectivity index (χ0n) is 23.4. The summed E-state index contributed by atoms with van der Waals surface area (Å²) in [4.78, 5) is 26.5. The number of carbonyl (C=O) groups excluding carboxylic acids is 1. The van der Waals surface area contributed by atoms with E-state index in [4.69, 9.17) is 26.6 Å². The number of pyridine rings is 1. The molecule has 9 nitrogen and oxygen atoms in total. The van der Waals surface area contributed by atoms with Gasteiger partial charge in [-0.05, 0) is 70.8 Å². The van der Waals surface area contributed by atoms with Crippen LogP contribution in [0.1, 0.15) is 45.8 Å². The lowest BCUT2D eigenvalue weighted by Crippen LogP contribution is -2.51. The Morgan fingerprint density at radius 3 is 2.62 bits per heavy atom. The van der Waals surface area contributed by atoms with E-state index in [2.05, 4.69) is 39.5 Å². The Labute approximate surface area is 249 Å². The number of carbonyl (C=O) groups is 1. The minimum Gasteiger partial charge on any atom is -0.370 e. The van der Waals surface area contributed by atoms with Gasteiger partial charge in [0.1, 0.15) is 6.10 Å². The first-order chi connectivity index (χ1) is 20.5. The van der Waals surface area contributed by atoms with Gasteiger partial charge >= 0.3 is 6.03 Å². The maximum atomic E-state index is 13.1. The summed E-state index contributed by atoms with van der Waals surface area (Å²) in [6, 6.07) is 18.7. The van der Waals surface area contributed by atoms with E-state index >= 15 is 0 Å². The molecule has 1 saturated heterocycles. The molecule has 0 radical (unpaired) electrons. The molecule has 2 atom stereocenters. The number of piperazine rings is 1. The van der Waals surface area contributed by atoms with Gasteiger partial charge in [0.05, 0.1) is 41.6 Å². The van der Waals surface area contributed by atoms with Gasteiger partial charge in [-0.25, -0.2) is 9.78 Å². The Bertz CT molecular complexity index is 1680. The largest absolute Gasteiger partial charge is 0.370 e. The van der Waals surface area contributed by atoms with Crippen LogP contribution >= 0.6 is 11.6 Å². The summed E-state index contributed by atoms with van der Waals surface area (Å²) < 4.78 is 8.06. The topological polar surface area (TPSA) is 99.3 Å². The molecule has 1 fully saturated rings. The quantitative estimate of drug-likeness (QED) is 0.334. The number of ether oxygens (including phenoxy) is 1. The van der Waals surface area contributed by atoms with Crippen LogP contribution in [0.5, 0.6) is 0 Å². The summed E-state index contributed by atoms with van der Waals surface area (Å²) in [6.07, 6.45) is 7.21. The van der Waals surface area contributed by atoms with E-state index in [9.17, 15) is 4.79 Å². The first-order valence-electron chi connectivity index (χ1n) is 13.7. The molecule has 212 valence electrons. The van der Waals surface area contributed by atoms with Crippen LogP contribution in [0, 0.1) is 11.3 Å². The first kappa shape index (κ1) is 27.7. The smallest absolute Gasteiger partial charge is 0.321 e. The Balaban J connectivity index is 1.31. The van der Waals surface area contributed by atoms with Crippen molar-refractivity contribution < 1.29 is 9.53 Å². The summed E-state index contributed by atoms with van der Waals surface area (Å²) in [5.74, 6) is 0. The highest BCUT2D eigenvalue weighted by molar-refractivity contribution is 6.30. The summed E-state index contributed by atoms with van der Waals surface area (Å²) in [5, 5.41) is 12.6. The van der Waals surface area contributed by atoms with Gasteiger partial charge in [0, 0.05) is 57.2 Å². The molecule has 1 aliphatic carbocycles. The molecule has 3 heterocycles. The SMILES string of the molecule is CO[C@H](C1=Cc2cccnc2[C@@H](N2CCN(C(=O)Nc3ccc(C#N)cc3)CC2)c2ccc(Cl)cc21)c1cncn1C.